The number of rotatable bonds is 0. The maximum atomic E-state index is 10.2. The van der Waals surface area contributed by atoms with Crippen LogP contribution in [0.4, 0.5) is 0 Å². The summed E-state index contributed by atoms with van der Waals surface area (Å²) in [6.07, 6.45) is 17.9. The molecule has 0 radical (unpaired) electrons. The zero-order chi connectivity index (χ0) is 19.1. The van der Waals surface area contributed by atoms with Gasteiger partial charge in [0.15, 0.2) is 0 Å². The highest BCUT2D eigenvalue weighted by Crippen LogP contribution is 2.68. The van der Waals surface area contributed by atoms with Gasteiger partial charge in [0, 0.05) is 0 Å². The number of allylic oxidation sites excluding steroid dienone is 2. The summed E-state index contributed by atoms with van der Waals surface area (Å²) in [4.78, 5) is 0. The zero-order valence-electron chi connectivity index (χ0n) is 17.8. The fourth-order valence-corrected chi connectivity index (χ4v) is 9.10. The summed E-state index contributed by atoms with van der Waals surface area (Å²) in [7, 11) is 0. The quantitative estimate of drug-likeness (QED) is 0.596. The Bertz CT molecular complexity index is 669. The predicted octanol–water partition coefficient (Wildman–Crippen LogP) is 4.65. The lowest BCUT2D eigenvalue weighted by Gasteiger charge is -2.58. The number of hydrogen-bond acceptors (Lipinski definition) is 3. The van der Waals surface area contributed by atoms with Crippen molar-refractivity contribution >= 4 is 0 Å². The topological polar surface area (TPSA) is 41.5 Å². The first-order valence-electron chi connectivity index (χ1n) is 12.2. The summed E-state index contributed by atoms with van der Waals surface area (Å²) in [5.74, 6) is 3.68. The highest BCUT2D eigenvalue weighted by Gasteiger charge is 2.65. The van der Waals surface area contributed by atoms with E-state index in [9.17, 15) is 5.11 Å². The number of fused-ring (bicyclic) bond motifs is 7. The van der Waals surface area contributed by atoms with Crippen molar-refractivity contribution in [2.75, 3.05) is 6.54 Å². The van der Waals surface area contributed by atoms with Gasteiger partial charge in [0.1, 0.15) is 5.72 Å². The number of hydrogen-bond donors (Lipinski definition) is 2. The molecule has 28 heavy (non-hydrogen) atoms. The van der Waals surface area contributed by atoms with Crippen LogP contribution in [0.5, 0.6) is 0 Å². The maximum absolute atomic E-state index is 10.2. The molecule has 0 aromatic heterocycles. The summed E-state index contributed by atoms with van der Waals surface area (Å²) < 4.78 is 6.83. The van der Waals surface area contributed by atoms with Crippen LogP contribution in [0.3, 0.4) is 0 Å². The molecule has 2 saturated heterocycles. The molecule has 0 bridgehead atoms. The van der Waals surface area contributed by atoms with Crippen LogP contribution in [-0.2, 0) is 4.74 Å². The second-order valence-corrected chi connectivity index (χ2v) is 11.8. The lowest BCUT2D eigenvalue weighted by Crippen LogP contribution is -2.53. The van der Waals surface area contributed by atoms with E-state index in [0.717, 1.165) is 43.1 Å². The molecule has 6 rings (SSSR count). The van der Waals surface area contributed by atoms with E-state index in [1.807, 2.05) is 0 Å². The summed E-state index contributed by atoms with van der Waals surface area (Å²) in [5.41, 5.74) is 0.873. The lowest BCUT2D eigenvalue weighted by molar-refractivity contribution is -0.0953. The first-order valence-corrected chi connectivity index (χ1v) is 12.2. The summed E-state index contributed by atoms with van der Waals surface area (Å²) in [5, 5.41) is 14.0. The Hall–Kier alpha value is -0.380. The third-order valence-electron chi connectivity index (χ3n) is 10.7. The molecular weight excluding hydrogens is 346 g/mol. The van der Waals surface area contributed by atoms with E-state index in [2.05, 4.69) is 31.3 Å². The molecule has 3 heteroatoms. The summed E-state index contributed by atoms with van der Waals surface area (Å²) in [6.45, 7) is 6.32. The lowest BCUT2D eigenvalue weighted by atomic mass is 9.46. The Morgan fingerprint density at radius 1 is 0.929 bits per heavy atom. The minimum absolute atomic E-state index is 0.0113. The minimum Gasteiger partial charge on any atom is -0.393 e. The molecule has 4 aliphatic carbocycles. The van der Waals surface area contributed by atoms with E-state index in [1.165, 1.54) is 51.4 Å². The van der Waals surface area contributed by atoms with Gasteiger partial charge in [-0.1, -0.05) is 26.0 Å². The SMILES string of the molecule is C[C@]12CCC3C(C=CC4C[C@H](O)CC[C@@]43C)C1CC1OC3(CCCCN3)CC12. The molecule has 7 unspecified atom stereocenters. The van der Waals surface area contributed by atoms with Crippen LogP contribution in [0, 0.1) is 40.4 Å². The van der Waals surface area contributed by atoms with Gasteiger partial charge >= 0.3 is 0 Å². The smallest absolute Gasteiger partial charge is 0.120 e. The van der Waals surface area contributed by atoms with Gasteiger partial charge < -0.3 is 9.84 Å². The van der Waals surface area contributed by atoms with Gasteiger partial charge in [-0.15, -0.1) is 0 Å². The van der Waals surface area contributed by atoms with Crippen molar-refractivity contribution < 1.29 is 9.84 Å². The maximum Gasteiger partial charge on any atom is 0.120 e. The van der Waals surface area contributed by atoms with E-state index in [0.29, 0.717) is 22.9 Å². The van der Waals surface area contributed by atoms with Crippen LogP contribution in [0.25, 0.3) is 0 Å². The first kappa shape index (κ1) is 18.4. The largest absolute Gasteiger partial charge is 0.393 e. The van der Waals surface area contributed by atoms with Crippen molar-refractivity contribution in [3.8, 4) is 0 Å². The van der Waals surface area contributed by atoms with Crippen LogP contribution < -0.4 is 5.32 Å². The Labute approximate surface area is 170 Å². The molecule has 156 valence electrons. The highest BCUT2D eigenvalue weighted by atomic mass is 16.5. The number of aliphatic hydroxyl groups is 1. The average Bonchev–Trinajstić information content (AvgIpc) is 3.15. The molecule has 2 heterocycles. The van der Waals surface area contributed by atoms with Crippen LogP contribution >= 0.6 is 0 Å². The van der Waals surface area contributed by atoms with E-state index in [4.69, 9.17) is 4.74 Å². The van der Waals surface area contributed by atoms with Crippen molar-refractivity contribution in [1.29, 1.82) is 0 Å². The normalized spacial score (nSPS) is 60.2. The predicted molar refractivity (Wildman–Crippen MR) is 111 cm³/mol. The first-order chi connectivity index (χ1) is 13.4. The standard InChI is InChI=1S/C25H39NO2/c1-23-10-7-17(27)13-16(23)5-6-18-19(23)8-11-24(2)20(18)14-22-21(24)15-25(28-22)9-3-4-12-26-25/h5-6,16-22,26-27H,3-4,7-15H2,1-2H3/t16?,17-,18?,19?,20?,21?,22?,23+,24+,25?/m1/s1. The Morgan fingerprint density at radius 2 is 1.79 bits per heavy atom. The van der Waals surface area contributed by atoms with Gasteiger partial charge in [-0.2, -0.15) is 0 Å². The van der Waals surface area contributed by atoms with E-state index >= 15 is 0 Å². The fourth-order valence-electron chi connectivity index (χ4n) is 9.10. The molecular formula is C25H39NO2. The molecule has 10 atom stereocenters. The third kappa shape index (κ3) is 2.39. The van der Waals surface area contributed by atoms with Crippen LogP contribution in [0.2, 0.25) is 0 Å². The van der Waals surface area contributed by atoms with E-state index in [-0.39, 0.29) is 11.8 Å². The fraction of sp³-hybridized carbons (Fsp3) is 0.920. The third-order valence-corrected chi connectivity index (χ3v) is 10.7. The van der Waals surface area contributed by atoms with Crippen LogP contribution in [0.15, 0.2) is 12.2 Å². The molecule has 1 spiro atoms. The van der Waals surface area contributed by atoms with Crippen molar-refractivity contribution in [2.45, 2.75) is 96.0 Å². The average molecular weight is 386 g/mol. The van der Waals surface area contributed by atoms with Crippen molar-refractivity contribution in [3.05, 3.63) is 12.2 Å². The van der Waals surface area contributed by atoms with Crippen LogP contribution in [-0.4, -0.2) is 29.6 Å². The zero-order valence-corrected chi connectivity index (χ0v) is 17.8. The monoisotopic (exact) mass is 385 g/mol. The number of ether oxygens (including phenoxy) is 1. The Balaban J connectivity index is 1.28. The van der Waals surface area contributed by atoms with Gasteiger partial charge in [-0.3, -0.25) is 5.32 Å². The number of piperidine rings is 1. The second kappa shape index (κ2) is 6.08. The molecule has 0 aromatic carbocycles. The van der Waals surface area contributed by atoms with Gasteiger partial charge in [-0.05, 0) is 111 Å². The van der Waals surface area contributed by atoms with Crippen molar-refractivity contribution in [2.24, 2.45) is 40.4 Å². The molecule has 2 N–H and O–H groups in total. The van der Waals surface area contributed by atoms with Crippen molar-refractivity contribution in [3.63, 3.8) is 0 Å². The van der Waals surface area contributed by atoms with Gasteiger partial charge in [-0.25, -0.2) is 0 Å². The second-order valence-electron chi connectivity index (χ2n) is 11.8. The molecule has 5 fully saturated rings. The van der Waals surface area contributed by atoms with Gasteiger partial charge in [0.2, 0.25) is 0 Å². The molecule has 3 nitrogen and oxygen atoms in total. The molecule has 0 amide bonds. The van der Waals surface area contributed by atoms with Gasteiger partial charge in [0.25, 0.3) is 0 Å². The Morgan fingerprint density at radius 3 is 2.61 bits per heavy atom. The van der Waals surface area contributed by atoms with Crippen molar-refractivity contribution in [1.82, 2.24) is 5.32 Å². The molecule has 6 aliphatic rings. The summed E-state index contributed by atoms with van der Waals surface area (Å²) >= 11 is 0. The number of nitrogens with one attached hydrogen (secondary N) is 1. The summed E-state index contributed by atoms with van der Waals surface area (Å²) in [6, 6.07) is 0. The number of aliphatic hydroxyl groups excluding tert-OH is 1. The molecule has 0 aromatic rings. The van der Waals surface area contributed by atoms with E-state index < -0.39 is 0 Å². The van der Waals surface area contributed by atoms with Crippen LogP contribution in [0.1, 0.15) is 78.1 Å². The molecule has 3 saturated carbocycles. The minimum atomic E-state index is -0.0773. The van der Waals surface area contributed by atoms with E-state index in [1.54, 1.807) is 0 Å². The Kier molecular flexibility index (Phi) is 3.99. The highest BCUT2D eigenvalue weighted by molar-refractivity contribution is 5.20. The molecule has 2 aliphatic heterocycles. The van der Waals surface area contributed by atoms with Gasteiger partial charge in [0.05, 0.1) is 12.2 Å².